The highest BCUT2D eigenvalue weighted by molar-refractivity contribution is 5.71. The van der Waals surface area contributed by atoms with Crippen LogP contribution in [0.15, 0.2) is 0 Å². The molecule has 0 aliphatic heterocycles. The van der Waals surface area contributed by atoms with Gasteiger partial charge in [0.1, 0.15) is 13.2 Å². The molecule has 0 aromatic heterocycles. The zero-order chi connectivity index (χ0) is 43.1. The van der Waals surface area contributed by atoms with Gasteiger partial charge in [-0.15, -0.1) is 0 Å². The molecule has 6 nitrogen and oxygen atoms in total. The van der Waals surface area contributed by atoms with Crippen molar-refractivity contribution in [2.75, 3.05) is 13.2 Å². The van der Waals surface area contributed by atoms with Gasteiger partial charge in [-0.3, -0.25) is 14.4 Å². The Labute approximate surface area is 368 Å². The summed E-state index contributed by atoms with van der Waals surface area (Å²) in [5.41, 5.74) is 0. The second-order valence-electron chi connectivity index (χ2n) is 18.6. The number of hydrogen-bond donors (Lipinski definition) is 0. The van der Waals surface area contributed by atoms with Crippen LogP contribution >= 0.6 is 0 Å². The Balaban J connectivity index is 4.27. The summed E-state index contributed by atoms with van der Waals surface area (Å²) in [6.07, 6.45) is 49.4. The molecule has 0 heterocycles. The van der Waals surface area contributed by atoms with E-state index in [1.807, 2.05) is 0 Å². The van der Waals surface area contributed by atoms with E-state index in [2.05, 4.69) is 27.7 Å². The van der Waals surface area contributed by atoms with E-state index in [1.54, 1.807) is 0 Å². The molecule has 1 atom stereocenters. The number of hydrogen-bond acceptors (Lipinski definition) is 6. The third-order valence-electron chi connectivity index (χ3n) is 12.0. The van der Waals surface area contributed by atoms with Crippen LogP contribution < -0.4 is 0 Å². The normalized spacial score (nSPS) is 11.9. The SMILES string of the molecule is CCCCCCCCCCCCCCCCCCCC(=O)OC[C@@H](COC(=O)CCCCCCCCCCCCC)OC(=O)CCCCCCCCCCCCC(C)C. The Hall–Kier alpha value is -1.59. The minimum Gasteiger partial charge on any atom is -0.462 e. The van der Waals surface area contributed by atoms with Crippen LogP contribution in [0, 0.1) is 5.92 Å². The van der Waals surface area contributed by atoms with Crippen LogP contribution in [0.2, 0.25) is 0 Å². The Morgan fingerprint density at radius 1 is 0.322 bits per heavy atom. The molecule has 0 fully saturated rings. The Morgan fingerprint density at radius 2 is 0.559 bits per heavy atom. The molecule has 0 saturated carbocycles. The Bertz CT molecular complexity index is 887. The van der Waals surface area contributed by atoms with Crippen molar-refractivity contribution in [3.05, 3.63) is 0 Å². The molecule has 0 amide bonds. The molecule has 0 N–H and O–H groups in total. The minimum atomic E-state index is -0.760. The average Bonchev–Trinajstić information content (AvgIpc) is 3.22. The first-order valence-electron chi connectivity index (χ1n) is 26.4. The highest BCUT2D eigenvalue weighted by Crippen LogP contribution is 2.17. The predicted octanol–water partition coefficient (Wildman–Crippen LogP) is 17.1. The molecule has 350 valence electrons. The van der Waals surface area contributed by atoms with E-state index < -0.39 is 6.10 Å². The van der Waals surface area contributed by atoms with Crippen molar-refractivity contribution >= 4 is 17.9 Å². The first kappa shape index (κ1) is 57.4. The monoisotopic (exact) mass is 835 g/mol. The summed E-state index contributed by atoms with van der Waals surface area (Å²) in [6, 6.07) is 0. The summed E-state index contributed by atoms with van der Waals surface area (Å²) in [5.74, 6) is -0.0281. The van der Waals surface area contributed by atoms with Gasteiger partial charge < -0.3 is 14.2 Å². The largest absolute Gasteiger partial charge is 0.462 e. The Kier molecular flexibility index (Phi) is 46.2. The quantitative estimate of drug-likeness (QED) is 0.0345. The van der Waals surface area contributed by atoms with Crippen molar-refractivity contribution in [3.63, 3.8) is 0 Å². The third kappa shape index (κ3) is 47.3. The molecular weight excluding hydrogens is 733 g/mol. The fourth-order valence-electron chi connectivity index (χ4n) is 8.04. The van der Waals surface area contributed by atoms with Crippen LogP contribution in [-0.4, -0.2) is 37.2 Å². The smallest absolute Gasteiger partial charge is 0.306 e. The zero-order valence-corrected chi connectivity index (χ0v) is 40.2. The van der Waals surface area contributed by atoms with Gasteiger partial charge in [0.05, 0.1) is 0 Å². The van der Waals surface area contributed by atoms with Crippen molar-refractivity contribution in [1.29, 1.82) is 0 Å². The van der Waals surface area contributed by atoms with E-state index in [-0.39, 0.29) is 31.1 Å². The third-order valence-corrected chi connectivity index (χ3v) is 12.0. The van der Waals surface area contributed by atoms with Gasteiger partial charge in [0.25, 0.3) is 0 Å². The number of esters is 3. The zero-order valence-electron chi connectivity index (χ0n) is 40.2. The molecule has 0 aromatic carbocycles. The van der Waals surface area contributed by atoms with E-state index >= 15 is 0 Å². The summed E-state index contributed by atoms with van der Waals surface area (Å²) < 4.78 is 16.8. The molecule has 59 heavy (non-hydrogen) atoms. The molecule has 0 spiro atoms. The van der Waals surface area contributed by atoms with Crippen LogP contribution in [0.3, 0.4) is 0 Å². The van der Waals surface area contributed by atoms with Gasteiger partial charge in [0, 0.05) is 19.3 Å². The lowest BCUT2D eigenvalue weighted by atomic mass is 10.0. The molecule has 0 bridgehead atoms. The molecule has 0 radical (unpaired) electrons. The summed E-state index contributed by atoms with van der Waals surface area (Å²) in [7, 11) is 0. The number of rotatable bonds is 48. The topological polar surface area (TPSA) is 78.9 Å². The standard InChI is InChI=1S/C53H102O6/c1-5-7-9-11-13-15-17-18-19-20-21-22-24-29-33-37-41-45-52(55)58-48-50(47-57-51(54)44-40-36-32-28-23-16-14-12-10-8-6-2)59-53(56)46-42-38-34-30-26-25-27-31-35-39-43-49(3)4/h49-50H,5-48H2,1-4H3/t50-/m1/s1. The van der Waals surface area contributed by atoms with Crippen LogP contribution in [0.1, 0.15) is 297 Å². The van der Waals surface area contributed by atoms with Crippen LogP contribution in [-0.2, 0) is 28.6 Å². The van der Waals surface area contributed by atoms with Gasteiger partial charge in [-0.1, -0.05) is 259 Å². The maximum absolute atomic E-state index is 12.8. The van der Waals surface area contributed by atoms with Gasteiger partial charge in [-0.05, 0) is 25.2 Å². The average molecular weight is 835 g/mol. The van der Waals surface area contributed by atoms with Gasteiger partial charge in [0.2, 0.25) is 0 Å². The van der Waals surface area contributed by atoms with Gasteiger partial charge in [0.15, 0.2) is 6.10 Å². The summed E-state index contributed by atoms with van der Waals surface area (Å²) >= 11 is 0. The number of unbranched alkanes of at least 4 members (excludes halogenated alkanes) is 35. The highest BCUT2D eigenvalue weighted by Gasteiger charge is 2.19. The highest BCUT2D eigenvalue weighted by atomic mass is 16.6. The van der Waals surface area contributed by atoms with E-state index in [0.29, 0.717) is 19.3 Å². The van der Waals surface area contributed by atoms with E-state index in [0.717, 1.165) is 63.7 Å². The Morgan fingerprint density at radius 3 is 0.831 bits per heavy atom. The lowest BCUT2D eigenvalue weighted by Crippen LogP contribution is -2.30. The molecular formula is C53H102O6. The first-order chi connectivity index (χ1) is 28.9. The molecule has 0 aliphatic rings. The summed E-state index contributed by atoms with van der Waals surface area (Å²) in [4.78, 5) is 37.9. The number of carbonyl (C=O) groups is 3. The molecule has 0 rings (SSSR count). The second kappa shape index (κ2) is 47.5. The van der Waals surface area contributed by atoms with Gasteiger partial charge >= 0.3 is 17.9 Å². The van der Waals surface area contributed by atoms with E-state index in [4.69, 9.17) is 14.2 Å². The van der Waals surface area contributed by atoms with Crippen molar-refractivity contribution < 1.29 is 28.6 Å². The maximum atomic E-state index is 12.8. The predicted molar refractivity (Wildman–Crippen MR) is 252 cm³/mol. The second-order valence-corrected chi connectivity index (χ2v) is 18.6. The van der Waals surface area contributed by atoms with Crippen molar-refractivity contribution in [3.8, 4) is 0 Å². The van der Waals surface area contributed by atoms with Crippen molar-refractivity contribution in [2.24, 2.45) is 5.92 Å². The molecule has 0 unspecified atom stereocenters. The lowest BCUT2D eigenvalue weighted by molar-refractivity contribution is -0.167. The van der Waals surface area contributed by atoms with Crippen molar-refractivity contribution in [1.82, 2.24) is 0 Å². The fourth-order valence-corrected chi connectivity index (χ4v) is 8.04. The van der Waals surface area contributed by atoms with Crippen molar-refractivity contribution in [2.45, 2.75) is 303 Å². The molecule has 0 aromatic rings. The number of carbonyl (C=O) groups excluding carboxylic acids is 3. The fraction of sp³-hybridized carbons (Fsp3) is 0.943. The summed E-state index contributed by atoms with van der Waals surface area (Å²) in [5, 5.41) is 0. The van der Waals surface area contributed by atoms with Gasteiger partial charge in [-0.25, -0.2) is 0 Å². The van der Waals surface area contributed by atoms with Gasteiger partial charge in [-0.2, -0.15) is 0 Å². The minimum absolute atomic E-state index is 0.0628. The summed E-state index contributed by atoms with van der Waals surface area (Å²) in [6.45, 7) is 9.01. The molecule has 0 saturated heterocycles. The molecule has 6 heteroatoms. The van der Waals surface area contributed by atoms with Crippen LogP contribution in [0.4, 0.5) is 0 Å². The first-order valence-corrected chi connectivity index (χ1v) is 26.4. The maximum Gasteiger partial charge on any atom is 0.306 e. The van der Waals surface area contributed by atoms with E-state index in [1.165, 1.54) is 193 Å². The molecule has 0 aliphatic carbocycles. The van der Waals surface area contributed by atoms with E-state index in [9.17, 15) is 14.4 Å². The van der Waals surface area contributed by atoms with Crippen LogP contribution in [0.5, 0.6) is 0 Å². The lowest BCUT2D eigenvalue weighted by Gasteiger charge is -2.18. The van der Waals surface area contributed by atoms with Crippen LogP contribution in [0.25, 0.3) is 0 Å². The number of ether oxygens (including phenoxy) is 3.